The number of benzene rings is 2. The second-order valence-corrected chi connectivity index (χ2v) is 6.35. The summed E-state index contributed by atoms with van der Waals surface area (Å²) in [5.74, 6) is 0.231. The fourth-order valence-corrected chi connectivity index (χ4v) is 2.74. The molecular weight excluding hydrogens is 344 g/mol. The largest absolute Gasteiger partial charge is 0.385 e. The molecule has 4 N–H and O–H groups in total. The number of aromatic amines is 1. The number of nitrogens with zero attached hydrogens (tertiary/aromatic N) is 1. The highest BCUT2D eigenvalue weighted by Crippen LogP contribution is 2.25. The van der Waals surface area contributed by atoms with Gasteiger partial charge in [0, 0.05) is 25.6 Å². The average molecular weight is 366 g/mol. The van der Waals surface area contributed by atoms with Gasteiger partial charge >= 0.3 is 0 Å². The van der Waals surface area contributed by atoms with E-state index >= 15 is 0 Å². The van der Waals surface area contributed by atoms with Gasteiger partial charge < -0.3 is 20.7 Å². The monoisotopic (exact) mass is 366 g/mol. The molecule has 140 valence electrons. The molecule has 2 aromatic carbocycles. The maximum Gasteiger partial charge on any atom is 0.251 e. The first-order valence-electron chi connectivity index (χ1n) is 8.75. The van der Waals surface area contributed by atoms with E-state index in [1.165, 1.54) is 6.92 Å². The molecule has 1 atom stereocenters. The molecule has 0 saturated carbocycles. The first kappa shape index (κ1) is 18.6. The summed E-state index contributed by atoms with van der Waals surface area (Å²) in [5, 5.41) is 15.0. The molecule has 7 heteroatoms. The Balaban J connectivity index is 1.70. The van der Waals surface area contributed by atoms with Crippen molar-refractivity contribution in [2.75, 3.05) is 13.1 Å². The predicted octanol–water partition coefficient (Wildman–Crippen LogP) is 2.15. The van der Waals surface area contributed by atoms with Gasteiger partial charge in [-0.1, -0.05) is 18.2 Å². The number of carbonyl (C=O) groups excluding carboxylic acids is 2. The quantitative estimate of drug-likeness (QED) is 0.501. The molecule has 1 heterocycles. The van der Waals surface area contributed by atoms with Crippen molar-refractivity contribution < 1.29 is 14.7 Å². The van der Waals surface area contributed by atoms with Crippen LogP contribution in [-0.4, -0.2) is 40.0 Å². The van der Waals surface area contributed by atoms with Gasteiger partial charge in [-0.05, 0) is 42.3 Å². The minimum absolute atomic E-state index is 0.122. The minimum Gasteiger partial charge on any atom is -0.385 e. The number of carbonyl (C=O) groups is 2. The second kappa shape index (κ2) is 8.01. The van der Waals surface area contributed by atoms with Crippen LogP contribution < -0.4 is 10.6 Å². The van der Waals surface area contributed by atoms with Crippen LogP contribution in [0, 0.1) is 0 Å². The molecule has 1 aromatic heterocycles. The smallest absolute Gasteiger partial charge is 0.251 e. The molecule has 7 nitrogen and oxygen atoms in total. The van der Waals surface area contributed by atoms with Gasteiger partial charge in [-0.15, -0.1) is 0 Å². The normalized spacial score (nSPS) is 12.0. The molecule has 0 radical (unpaired) electrons. The van der Waals surface area contributed by atoms with Crippen molar-refractivity contribution >= 4 is 22.8 Å². The molecule has 0 aliphatic rings. The van der Waals surface area contributed by atoms with E-state index in [4.69, 9.17) is 0 Å². The molecule has 0 saturated heterocycles. The highest BCUT2D eigenvalue weighted by atomic mass is 16.3. The lowest BCUT2D eigenvalue weighted by Gasteiger charge is -2.07. The number of amides is 2. The third kappa shape index (κ3) is 4.51. The van der Waals surface area contributed by atoms with E-state index in [0.717, 1.165) is 22.2 Å². The Labute approximate surface area is 156 Å². The summed E-state index contributed by atoms with van der Waals surface area (Å²) < 4.78 is 0. The van der Waals surface area contributed by atoms with Crippen LogP contribution in [0.25, 0.3) is 22.2 Å². The summed E-state index contributed by atoms with van der Waals surface area (Å²) in [7, 11) is 0. The van der Waals surface area contributed by atoms with Crippen LogP contribution in [0.15, 0.2) is 42.5 Å². The highest BCUT2D eigenvalue weighted by molar-refractivity contribution is 5.94. The number of hydrogen-bond acceptors (Lipinski definition) is 4. The zero-order valence-corrected chi connectivity index (χ0v) is 15.2. The fraction of sp³-hybridized carbons (Fsp3) is 0.250. The topological polar surface area (TPSA) is 107 Å². The van der Waals surface area contributed by atoms with E-state index in [2.05, 4.69) is 20.6 Å². The van der Waals surface area contributed by atoms with Gasteiger partial charge in [0.05, 0.1) is 11.0 Å². The summed E-state index contributed by atoms with van der Waals surface area (Å²) in [6, 6.07) is 13.1. The van der Waals surface area contributed by atoms with Crippen LogP contribution in [0.1, 0.15) is 36.1 Å². The summed E-state index contributed by atoms with van der Waals surface area (Å²) in [6.45, 7) is 3.88. The number of imidazole rings is 1. The van der Waals surface area contributed by atoms with Crippen LogP contribution in [0.2, 0.25) is 0 Å². The van der Waals surface area contributed by atoms with Gasteiger partial charge in [0.2, 0.25) is 5.91 Å². The lowest BCUT2D eigenvalue weighted by molar-refractivity contribution is -0.118. The lowest BCUT2D eigenvalue weighted by Crippen LogP contribution is -2.33. The third-order valence-corrected chi connectivity index (χ3v) is 4.16. The van der Waals surface area contributed by atoms with Gasteiger partial charge in [0.1, 0.15) is 11.9 Å². The van der Waals surface area contributed by atoms with Gasteiger partial charge in [-0.2, -0.15) is 0 Å². The first-order valence-corrected chi connectivity index (χ1v) is 8.75. The molecule has 0 unspecified atom stereocenters. The van der Waals surface area contributed by atoms with Gasteiger partial charge in [0.25, 0.3) is 5.91 Å². The third-order valence-electron chi connectivity index (χ3n) is 4.16. The number of aliphatic hydroxyl groups is 1. The molecule has 2 amide bonds. The van der Waals surface area contributed by atoms with Crippen molar-refractivity contribution in [3.05, 3.63) is 53.9 Å². The Bertz CT molecular complexity index is 961. The van der Waals surface area contributed by atoms with E-state index in [0.29, 0.717) is 24.5 Å². The summed E-state index contributed by atoms with van der Waals surface area (Å²) in [4.78, 5) is 30.4. The number of fused-ring (bicyclic) bond motifs is 1. The molecule has 27 heavy (non-hydrogen) atoms. The maximum absolute atomic E-state index is 12.1. The van der Waals surface area contributed by atoms with Crippen molar-refractivity contribution in [3.63, 3.8) is 0 Å². The van der Waals surface area contributed by atoms with E-state index in [1.54, 1.807) is 19.1 Å². The number of rotatable bonds is 6. The van der Waals surface area contributed by atoms with Crippen molar-refractivity contribution in [2.24, 2.45) is 0 Å². The zero-order chi connectivity index (χ0) is 19.4. The van der Waals surface area contributed by atoms with Gasteiger partial charge in [-0.3, -0.25) is 9.59 Å². The summed E-state index contributed by atoms with van der Waals surface area (Å²) in [5.41, 5.74) is 4.16. The fourth-order valence-electron chi connectivity index (χ4n) is 2.74. The van der Waals surface area contributed by atoms with Crippen molar-refractivity contribution in [1.82, 2.24) is 20.6 Å². The van der Waals surface area contributed by atoms with Gasteiger partial charge in [0.15, 0.2) is 0 Å². The standard InChI is InChI=1S/C20H22N4O3/c1-12(25)19-23-17-8-7-16(11-18(17)24-19)14-3-5-15(6-4-14)20(27)22-10-9-21-13(2)26/h3-8,11-12,25H,9-10H2,1-2H3,(H,21,26)(H,22,27)(H,23,24)/t12-/m1/s1. The van der Waals surface area contributed by atoms with Crippen LogP contribution >= 0.6 is 0 Å². The predicted molar refractivity (Wildman–Crippen MR) is 103 cm³/mol. The van der Waals surface area contributed by atoms with Crippen LogP contribution in [0.5, 0.6) is 0 Å². The number of aliphatic hydroxyl groups excluding tert-OH is 1. The van der Waals surface area contributed by atoms with E-state index in [-0.39, 0.29) is 11.8 Å². The molecule has 0 aliphatic heterocycles. The number of aromatic nitrogens is 2. The summed E-state index contributed by atoms with van der Waals surface area (Å²) >= 11 is 0. The first-order chi connectivity index (χ1) is 12.9. The Morgan fingerprint density at radius 3 is 2.41 bits per heavy atom. The van der Waals surface area contributed by atoms with Crippen LogP contribution in [0.4, 0.5) is 0 Å². The maximum atomic E-state index is 12.1. The Hall–Kier alpha value is -3.19. The van der Waals surface area contributed by atoms with Crippen molar-refractivity contribution in [1.29, 1.82) is 0 Å². The van der Waals surface area contributed by atoms with Gasteiger partial charge in [-0.25, -0.2) is 4.98 Å². The molecule has 0 fully saturated rings. The average Bonchev–Trinajstić information content (AvgIpc) is 3.08. The number of H-pyrrole nitrogens is 1. The summed E-state index contributed by atoms with van der Waals surface area (Å²) in [6.07, 6.45) is -0.649. The Kier molecular flexibility index (Phi) is 5.52. The van der Waals surface area contributed by atoms with E-state index < -0.39 is 6.10 Å². The molecular formula is C20H22N4O3. The van der Waals surface area contributed by atoms with Crippen LogP contribution in [-0.2, 0) is 4.79 Å². The molecule has 3 aromatic rings. The van der Waals surface area contributed by atoms with E-state index in [9.17, 15) is 14.7 Å². The van der Waals surface area contributed by atoms with Crippen LogP contribution in [0.3, 0.4) is 0 Å². The molecule has 0 aliphatic carbocycles. The van der Waals surface area contributed by atoms with E-state index in [1.807, 2.05) is 30.3 Å². The molecule has 3 rings (SSSR count). The Morgan fingerprint density at radius 2 is 1.74 bits per heavy atom. The molecule has 0 bridgehead atoms. The second-order valence-electron chi connectivity index (χ2n) is 6.35. The van der Waals surface area contributed by atoms with Crippen molar-refractivity contribution in [2.45, 2.75) is 20.0 Å². The van der Waals surface area contributed by atoms with Crippen molar-refractivity contribution in [3.8, 4) is 11.1 Å². The number of nitrogens with one attached hydrogen (secondary N) is 3. The zero-order valence-electron chi connectivity index (χ0n) is 15.2. The minimum atomic E-state index is -0.649. The number of hydrogen-bond donors (Lipinski definition) is 4. The SMILES string of the molecule is CC(=O)NCCNC(=O)c1ccc(-c2ccc3nc([C@@H](C)O)[nH]c3c2)cc1. The highest BCUT2D eigenvalue weighted by Gasteiger charge is 2.09. The molecule has 0 spiro atoms. The Morgan fingerprint density at radius 1 is 1.07 bits per heavy atom. The lowest BCUT2D eigenvalue weighted by atomic mass is 10.0.